The molecule has 0 radical (unpaired) electrons. The molecule has 3 heterocycles. The van der Waals surface area contributed by atoms with Crippen LogP contribution in [0.25, 0.3) is 22.2 Å². The molecule has 8 nitrogen and oxygen atoms in total. The van der Waals surface area contributed by atoms with Crippen LogP contribution in [0, 0.1) is 5.41 Å². The van der Waals surface area contributed by atoms with E-state index in [1.807, 2.05) is 0 Å². The first kappa shape index (κ1) is 22.7. The van der Waals surface area contributed by atoms with Gasteiger partial charge in [0, 0.05) is 53.2 Å². The van der Waals surface area contributed by atoms with Gasteiger partial charge in [-0.25, -0.2) is 14.8 Å². The number of aromatic nitrogens is 3. The molecule has 1 amide bonds. The molecule has 1 aliphatic heterocycles. The zero-order valence-electron chi connectivity index (χ0n) is 18.5. The fourth-order valence-electron chi connectivity index (χ4n) is 4.95. The number of hydrogen-bond acceptors (Lipinski definition) is 5. The summed E-state index contributed by atoms with van der Waals surface area (Å²) in [5, 5.41) is 13.3. The largest absolute Gasteiger partial charge is 0.465 e. The van der Waals surface area contributed by atoms with Crippen LogP contribution in [0.15, 0.2) is 30.6 Å². The normalized spacial score (nSPS) is 19.7. The third-order valence-corrected chi connectivity index (χ3v) is 8.41. The van der Waals surface area contributed by atoms with Gasteiger partial charge < -0.3 is 24.9 Å². The minimum atomic E-state index is -4.67. The molecule has 5 rings (SSSR count). The molecule has 180 valence electrons. The zero-order valence-corrected chi connectivity index (χ0v) is 19.4. The van der Waals surface area contributed by atoms with E-state index in [0.29, 0.717) is 29.3 Å². The van der Waals surface area contributed by atoms with E-state index >= 15 is 0 Å². The quantitative estimate of drug-likeness (QED) is 0.464. The Morgan fingerprint density at radius 2 is 2.06 bits per heavy atom. The summed E-state index contributed by atoms with van der Waals surface area (Å²) in [7, 11) is -2.68. The van der Waals surface area contributed by atoms with Crippen molar-refractivity contribution >= 4 is 35.4 Å². The van der Waals surface area contributed by atoms with Crippen molar-refractivity contribution in [3.05, 3.63) is 36.2 Å². The second-order valence-corrected chi connectivity index (χ2v) is 12.6. The van der Waals surface area contributed by atoms with Crippen molar-refractivity contribution < 1.29 is 27.6 Å². The molecule has 1 aliphatic carbocycles. The number of likely N-dealkylation sites (tertiary alicyclic amines) is 1. The van der Waals surface area contributed by atoms with E-state index in [0.717, 1.165) is 19.0 Å². The molecule has 2 fully saturated rings. The van der Waals surface area contributed by atoms with Gasteiger partial charge in [0.1, 0.15) is 12.7 Å². The monoisotopic (exact) mass is 493 g/mol. The zero-order chi connectivity index (χ0) is 24.5. The number of para-hydroxylation sites is 1. The highest BCUT2D eigenvalue weighted by Gasteiger charge is 2.56. The summed E-state index contributed by atoms with van der Waals surface area (Å²) in [6.07, 6.45) is -1.84. The van der Waals surface area contributed by atoms with E-state index in [9.17, 15) is 22.5 Å². The first-order chi connectivity index (χ1) is 15.9. The Morgan fingerprint density at radius 1 is 1.32 bits per heavy atom. The standard InChI is InChI=1S/C22H23F3N5O3P/c1-34(2,33)15-5-3-4-12-13(8-26-18(12)15)17-14(22(23,24)25)9-27-19(29-17)28-16-6-7-21(16)10-30(11-21)20(31)32/h3-5,8-9,16,26H,6-7,10-11H2,1-2H3,(H,31,32)(H,27,28,29). The Balaban J connectivity index is 1.53. The molecular weight excluding hydrogens is 470 g/mol. The number of nitrogens with one attached hydrogen (secondary N) is 2. The van der Waals surface area contributed by atoms with Crippen molar-refractivity contribution in [3.8, 4) is 11.3 Å². The number of H-pyrrole nitrogens is 1. The number of fused-ring (bicyclic) bond motifs is 1. The number of nitrogens with zero attached hydrogens (tertiary/aromatic N) is 3. The Labute approximate surface area is 193 Å². The topological polar surface area (TPSA) is 111 Å². The number of anilines is 1. The van der Waals surface area contributed by atoms with E-state index in [-0.39, 0.29) is 28.7 Å². The Kier molecular flexibility index (Phi) is 4.99. The Morgan fingerprint density at radius 3 is 2.65 bits per heavy atom. The molecule has 3 aromatic rings. The second kappa shape index (κ2) is 7.46. The number of halogens is 3. The molecular formula is C22H23F3N5O3P. The molecule has 1 aromatic carbocycles. The highest BCUT2D eigenvalue weighted by Crippen LogP contribution is 2.49. The van der Waals surface area contributed by atoms with Gasteiger partial charge in [-0.15, -0.1) is 0 Å². The number of aromatic amines is 1. The summed E-state index contributed by atoms with van der Waals surface area (Å²) in [5.74, 6) is 0.0583. The van der Waals surface area contributed by atoms with E-state index in [2.05, 4.69) is 20.3 Å². The lowest BCUT2D eigenvalue weighted by Crippen LogP contribution is -2.69. The van der Waals surface area contributed by atoms with Crippen molar-refractivity contribution in [3.63, 3.8) is 0 Å². The van der Waals surface area contributed by atoms with Crippen LogP contribution in [0.1, 0.15) is 18.4 Å². The van der Waals surface area contributed by atoms with Crippen LogP contribution in [-0.4, -0.2) is 63.5 Å². The average Bonchev–Trinajstić information content (AvgIpc) is 3.12. The van der Waals surface area contributed by atoms with Gasteiger partial charge in [-0.2, -0.15) is 13.2 Å². The smallest absolute Gasteiger partial charge is 0.419 e. The average molecular weight is 493 g/mol. The molecule has 1 atom stereocenters. The van der Waals surface area contributed by atoms with E-state index < -0.39 is 25.0 Å². The van der Waals surface area contributed by atoms with Crippen LogP contribution in [-0.2, 0) is 10.7 Å². The summed E-state index contributed by atoms with van der Waals surface area (Å²) >= 11 is 0. The van der Waals surface area contributed by atoms with E-state index in [4.69, 9.17) is 5.11 Å². The van der Waals surface area contributed by atoms with Crippen molar-refractivity contribution in [2.24, 2.45) is 5.41 Å². The van der Waals surface area contributed by atoms with Gasteiger partial charge in [-0.05, 0) is 32.2 Å². The third kappa shape index (κ3) is 3.62. The van der Waals surface area contributed by atoms with Gasteiger partial charge in [-0.3, -0.25) is 0 Å². The molecule has 12 heteroatoms. The summed E-state index contributed by atoms with van der Waals surface area (Å²) < 4.78 is 54.3. The summed E-state index contributed by atoms with van der Waals surface area (Å²) in [6.45, 7) is 3.98. The van der Waals surface area contributed by atoms with Crippen LogP contribution in [0.5, 0.6) is 0 Å². The van der Waals surface area contributed by atoms with Gasteiger partial charge in [0.05, 0.1) is 11.2 Å². The fourth-order valence-corrected chi connectivity index (χ4v) is 6.12. The van der Waals surface area contributed by atoms with Gasteiger partial charge in [0.2, 0.25) is 5.95 Å². The molecule has 1 spiro atoms. The van der Waals surface area contributed by atoms with Crippen LogP contribution in [0.3, 0.4) is 0 Å². The van der Waals surface area contributed by atoms with Crippen molar-refractivity contribution in [2.75, 3.05) is 31.7 Å². The Hall–Kier alpha value is -3.07. The molecule has 34 heavy (non-hydrogen) atoms. The van der Waals surface area contributed by atoms with Crippen LogP contribution >= 0.6 is 7.14 Å². The third-order valence-electron chi connectivity index (χ3n) is 6.88. The lowest BCUT2D eigenvalue weighted by Gasteiger charge is -2.59. The SMILES string of the molecule is CP(C)(=O)c1cccc2c(-c3nc(NC4CCC45CN(C(=O)O)C5)ncc3C(F)(F)F)c[nH]c12. The van der Waals surface area contributed by atoms with Gasteiger partial charge in [-0.1, -0.05) is 12.1 Å². The van der Waals surface area contributed by atoms with Crippen molar-refractivity contribution in [1.29, 1.82) is 0 Å². The minimum absolute atomic E-state index is 0.0583. The lowest BCUT2D eigenvalue weighted by molar-refractivity contribution is -0.137. The first-order valence-corrected chi connectivity index (χ1v) is 13.3. The summed E-state index contributed by atoms with van der Waals surface area (Å²) in [4.78, 5) is 23.6. The van der Waals surface area contributed by atoms with Crippen LogP contribution in [0.2, 0.25) is 0 Å². The molecule has 0 bridgehead atoms. The van der Waals surface area contributed by atoms with Gasteiger partial charge in [0.15, 0.2) is 0 Å². The number of hydrogen-bond donors (Lipinski definition) is 3. The molecule has 1 unspecified atom stereocenters. The fraction of sp³-hybridized carbons (Fsp3) is 0.409. The van der Waals surface area contributed by atoms with E-state index in [1.165, 1.54) is 11.1 Å². The maximum absolute atomic E-state index is 13.9. The van der Waals surface area contributed by atoms with E-state index in [1.54, 1.807) is 31.5 Å². The Bertz CT molecular complexity index is 1340. The number of carboxylic acid groups (broad SMARTS) is 1. The molecule has 2 aromatic heterocycles. The second-order valence-electron chi connectivity index (χ2n) is 9.44. The molecule has 1 saturated carbocycles. The number of carbonyl (C=O) groups is 1. The molecule has 3 N–H and O–H groups in total. The molecule has 2 aliphatic rings. The predicted molar refractivity (Wildman–Crippen MR) is 122 cm³/mol. The number of amides is 1. The van der Waals surface area contributed by atoms with Crippen LogP contribution < -0.4 is 10.6 Å². The van der Waals surface area contributed by atoms with Crippen molar-refractivity contribution in [1.82, 2.24) is 19.9 Å². The first-order valence-electron chi connectivity index (χ1n) is 10.7. The number of rotatable bonds is 4. The number of benzene rings is 1. The van der Waals surface area contributed by atoms with Gasteiger partial charge in [0.25, 0.3) is 0 Å². The minimum Gasteiger partial charge on any atom is -0.465 e. The maximum Gasteiger partial charge on any atom is 0.419 e. The summed E-state index contributed by atoms with van der Waals surface area (Å²) in [6, 6.07) is 4.93. The lowest BCUT2D eigenvalue weighted by atomic mass is 9.59. The van der Waals surface area contributed by atoms with Crippen molar-refractivity contribution in [2.45, 2.75) is 25.1 Å². The highest BCUT2D eigenvalue weighted by molar-refractivity contribution is 7.70. The maximum atomic E-state index is 13.9. The highest BCUT2D eigenvalue weighted by atomic mass is 31.2. The predicted octanol–water partition coefficient (Wildman–Crippen LogP) is 4.45. The number of alkyl halides is 3. The van der Waals surface area contributed by atoms with Gasteiger partial charge >= 0.3 is 12.3 Å². The molecule has 1 saturated heterocycles. The van der Waals surface area contributed by atoms with Crippen LogP contribution in [0.4, 0.5) is 23.9 Å². The summed E-state index contributed by atoms with van der Waals surface area (Å²) in [5.41, 5.74) is -0.710.